The smallest absolute Gasteiger partial charge is 0.0561 e. The lowest BCUT2D eigenvalue weighted by Gasteiger charge is -2.27. The Bertz CT molecular complexity index is 490. The largest absolute Gasteiger partial charge is 0.308 e. The quantitative estimate of drug-likeness (QED) is 0.860. The summed E-state index contributed by atoms with van der Waals surface area (Å²) in [5, 5.41) is 7.92. The summed E-state index contributed by atoms with van der Waals surface area (Å²) in [6.07, 6.45) is 2.98. The summed E-state index contributed by atoms with van der Waals surface area (Å²) in [4.78, 5) is 0. The fourth-order valence-corrected chi connectivity index (χ4v) is 2.73. The highest BCUT2D eigenvalue weighted by Gasteiger charge is 2.24. The van der Waals surface area contributed by atoms with E-state index >= 15 is 0 Å². The molecule has 0 aliphatic carbocycles. The summed E-state index contributed by atoms with van der Waals surface area (Å²) >= 11 is 0. The molecule has 2 atom stereocenters. The Labute approximate surface area is 115 Å². The van der Waals surface area contributed by atoms with Crippen LogP contribution in [0.3, 0.4) is 0 Å². The number of likely N-dealkylation sites (N-methyl/N-ethyl adjacent to an activating group) is 1. The minimum Gasteiger partial charge on any atom is -0.308 e. The minimum absolute atomic E-state index is 0.310. The van der Waals surface area contributed by atoms with Gasteiger partial charge in [0, 0.05) is 19.2 Å². The third-order valence-electron chi connectivity index (χ3n) is 3.67. The topological polar surface area (TPSA) is 29.9 Å². The maximum Gasteiger partial charge on any atom is 0.0561 e. The van der Waals surface area contributed by atoms with E-state index in [0.29, 0.717) is 12.0 Å². The summed E-state index contributed by atoms with van der Waals surface area (Å²) in [7, 11) is 2.01. The van der Waals surface area contributed by atoms with E-state index in [-0.39, 0.29) is 0 Å². The van der Waals surface area contributed by atoms with E-state index in [4.69, 9.17) is 0 Å². The Morgan fingerprint density at radius 1 is 1.16 bits per heavy atom. The molecule has 0 saturated carbocycles. The number of nitrogens with zero attached hydrogens (tertiary/aromatic N) is 2. The maximum atomic E-state index is 4.31. The van der Waals surface area contributed by atoms with E-state index in [1.54, 1.807) is 0 Å². The third-order valence-corrected chi connectivity index (χ3v) is 3.67. The van der Waals surface area contributed by atoms with Gasteiger partial charge >= 0.3 is 0 Å². The number of nitrogens with one attached hydrogen (secondary N) is 1. The van der Waals surface area contributed by atoms with Crippen molar-refractivity contribution < 1.29 is 0 Å². The van der Waals surface area contributed by atoms with Crippen LogP contribution in [0.4, 0.5) is 0 Å². The van der Waals surface area contributed by atoms with Crippen LogP contribution in [-0.2, 0) is 7.05 Å². The lowest BCUT2D eigenvalue weighted by molar-refractivity contribution is 0.421. The maximum absolute atomic E-state index is 4.31. The van der Waals surface area contributed by atoms with Gasteiger partial charge < -0.3 is 5.32 Å². The summed E-state index contributed by atoms with van der Waals surface area (Å²) in [5.74, 6) is 0.469. The molecule has 1 aromatic heterocycles. The zero-order chi connectivity index (χ0) is 13.7. The summed E-state index contributed by atoms with van der Waals surface area (Å²) in [6.45, 7) is 5.36. The predicted molar refractivity (Wildman–Crippen MR) is 79.1 cm³/mol. The number of rotatable bonds is 6. The van der Waals surface area contributed by atoms with Crippen molar-refractivity contribution >= 4 is 0 Å². The predicted octanol–water partition coefficient (Wildman–Crippen LogP) is 3.26. The van der Waals surface area contributed by atoms with Crippen LogP contribution in [0, 0.1) is 0 Å². The molecule has 2 rings (SSSR count). The first-order valence-corrected chi connectivity index (χ1v) is 7.04. The van der Waals surface area contributed by atoms with Crippen molar-refractivity contribution in [1.82, 2.24) is 15.1 Å². The molecular formula is C16H23N3. The average Bonchev–Trinajstić information content (AvgIpc) is 2.86. The SMILES string of the molecule is CCNC(c1ccnn1C)C(CC)c1ccccc1. The van der Waals surface area contributed by atoms with Crippen molar-refractivity contribution in [2.75, 3.05) is 6.54 Å². The Kier molecular flexibility index (Phi) is 4.74. The fraction of sp³-hybridized carbons (Fsp3) is 0.438. The van der Waals surface area contributed by atoms with Gasteiger partial charge in [0.15, 0.2) is 0 Å². The number of aryl methyl sites for hydroxylation is 1. The molecule has 1 N–H and O–H groups in total. The first kappa shape index (κ1) is 13.8. The molecule has 0 fully saturated rings. The van der Waals surface area contributed by atoms with E-state index in [0.717, 1.165) is 13.0 Å². The first-order chi connectivity index (χ1) is 9.27. The van der Waals surface area contributed by atoms with E-state index in [1.165, 1.54) is 11.3 Å². The van der Waals surface area contributed by atoms with Gasteiger partial charge in [0.1, 0.15) is 0 Å². The highest BCUT2D eigenvalue weighted by molar-refractivity contribution is 5.24. The molecule has 0 aliphatic rings. The van der Waals surface area contributed by atoms with Gasteiger partial charge in [-0.15, -0.1) is 0 Å². The van der Waals surface area contributed by atoms with Crippen molar-refractivity contribution in [2.45, 2.75) is 32.2 Å². The second-order valence-electron chi connectivity index (χ2n) is 4.84. The van der Waals surface area contributed by atoms with E-state index in [1.807, 2.05) is 17.9 Å². The number of hydrogen-bond donors (Lipinski definition) is 1. The van der Waals surface area contributed by atoms with Crippen molar-refractivity contribution in [2.24, 2.45) is 7.05 Å². The highest BCUT2D eigenvalue weighted by Crippen LogP contribution is 2.33. The molecule has 1 heterocycles. The summed E-state index contributed by atoms with van der Waals surface area (Å²) in [6, 6.07) is 13.2. The number of hydrogen-bond acceptors (Lipinski definition) is 2. The molecule has 2 unspecified atom stereocenters. The van der Waals surface area contributed by atoms with E-state index in [9.17, 15) is 0 Å². The molecule has 0 bridgehead atoms. The average molecular weight is 257 g/mol. The Morgan fingerprint density at radius 3 is 2.42 bits per heavy atom. The zero-order valence-electron chi connectivity index (χ0n) is 12.0. The van der Waals surface area contributed by atoms with Gasteiger partial charge in [-0.2, -0.15) is 5.10 Å². The van der Waals surface area contributed by atoms with Gasteiger partial charge in [0.05, 0.1) is 11.7 Å². The van der Waals surface area contributed by atoms with Crippen molar-refractivity contribution in [1.29, 1.82) is 0 Å². The van der Waals surface area contributed by atoms with Gasteiger partial charge in [0.25, 0.3) is 0 Å². The van der Waals surface area contributed by atoms with Crippen LogP contribution in [-0.4, -0.2) is 16.3 Å². The normalized spacial score (nSPS) is 14.3. The molecule has 0 aliphatic heterocycles. The van der Waals surface area contributed by atoms with E-state index < -0.39 is 0 Å². The van der Waals surface area contributed by atoms with Crippen LogP contribution in [0.5, 0.6) is 0 Å². The summed E-state index contributed by atoms with van der Waals surface area (Å²) < 4.78 is 1.97. The molecule has 0 radical (unpaired) electrons. The van der Waals surface area contributed by atoms with Crippen LogP contribution in [0.1, 0.15) is 43.5 Å². The van der Waals surface area contributed by atoms with Gasteiger partial charge in [-0.3, -0.25) is 4.68 Å². The van der Waals surface area contributed by atoms with Crippen molar-refractivity contribution in [3.8, 4) is 0 Å². The van der Waals surface area contributed by atoms with Gasteiger partial charge in [-0.1, -0.05) is 44.2 Å². The van der Waals surface area contributed by atoms with Crippen LogP contribution < -0.4 is 5.32 Å². The molecular weight excluding hydrogens is 234 g/mol. The monoisotopic (exact) mass is 257 g/mol. The van der Waals surface area contributed by atoms with Gasteiger partial charge in [0.2, 0.25) is 0 Å². The molecule has 1 aromatic carbocycles. The van der Waals surface area contributed by atoms with Crippen LogP contribution in [0.2, 0.25) is 0 Å². The molecule has 0 amide bonds. The van der Waals surface area contributed by atoms with Crippen LogP contribution >= 0.6 is 0 Å². The lowest BCUT2D eigenvalue weighted by atomic mass is 9.87. The Balaban J connectivity index is 2.34. The molecule has 0 saturated heterocycles. The molecule has 3 nitrogen and oxygen atoms in total. The summed E-state index contributed by atoms with van der Waals surface area (Å²) in [5.41, 5.74) is 2.63. The van der Waals surface area contributed by atoms with E-state index in [2.05, 4.69) is 60.7 Å². The number of aromatic nitrogens is 2. The van der Waals surface area contributed by atoms with Crippen LogP contribution in [0.15, 0.2) is 42.6 Å². The first-order valence-electron chi connectivity index (χ1n) is 7.04. The van der Waals surface area contributed by atoms with Crippen LogP contribution in [0.25, 0.3) is 0 Å². The second-order valence-corrected chi connectivity index (χ2v) is 4.84. The molecule has 3 heteroatoms. The van der Waals surface area contributed by atoms with Crippen molar-refractivity contribution in [3.05, 3.63) is 53.9 Å². The highest BCUT2D eigenvalue weighted by atomic mass is 15.3. The fourth-order valence-electron chi connectivity index (χ4n) is 2.73. The zero-order valence-corrected chi connectivity index (χ0v) is 12.0. The van der Waals surface area contributed by atoms with Crippen molar-refractivity contribution in [3.63, 3.8) is 0 Å². The van der Waals surface area contributed by atoms with Gasteiger partial charge in [-0.05, 0) is 24.6 Å². The standard InChI is InChI=1S/C16H23N3/c1-4-14(13-9-7-6-8-10-13)16(17-5-2)15-11-12-18-19(15)3/h6-12,14,16-17H,4-5H2,1-3H3. The molecule has 2 aromatic rings. The van der Waals surface area contributed by atoms with Gasteiger partial charge in [-0.25, -0.2) is 0 Å². The molecule has 0 spiro atoms. The molecule has 19 heavy (non-hydrogen) atoms. The lowest BCUT2D eigenvalue weighted by Crippen LogP contribution is -2.28. The molecule has 102 valence electrons. The Morgan fingerprint density at radius 2 is 1.89 bits per heavy atom. The second kappa shape index (κ2) is 6.53. The number of benzene rings is 1. The third kappa shape index (κ3) is 3.04. The Hall–Kier alpha value is -1.61. The minimum atomic E-state index is 0.310.